The van der Waals surface area contributed by atoms with E-state index in [1.54, 1.807) is 0 Å². The van der Waals surface area contributed by atoms with Gasteiger partial charge in [0.2, 0.25) is 5.89 Å². The van der Waals surface area contributed by atoms with Crippen LogP contribution in [0.2, 0.25) is 0 Å². The first-order chi connectivity index (χ1) is 11.1. The van der Waals surface area contributed by atoms with Crippen LogP contribution in [0.3, 0.4) is 0 Å². The lowest BCUT2D eigenvalue weighted by atomic mass is 10.2. The highest BCUT2D eigenvalue weighted by atomic mass is 16.5. The van der Waals surface area contributed by atoms with Crippen LogP contribution in [0.1, 0.15) is 59.6 Å². The highest BCUT2D eigenvalue weighted by Gasteiger charge is 2.30. The number of amides is 1. The van der Waals surface area contributed by atoms with E-state index in [1.165, 1.54) is 0 Å². The maximum atomic E-state index is 12.3. The lowest BCUT2D eigenvalue weighted by molar-refractivity contribution is 0.0923. The van der Waals surface area contributed by atoms with Crippen molar-refractivity contribution in [3.63, 3.8) is 0 Å². The Morgan fingerprint density at radius 2 is 2.22 bits per heavy atom. The zero-order valence-corrected chi connectivity index (χ0v) is 13.0. The number of aromatic amines is 1. The molecule has 1 amide bonds. The monoisotopic (exact) mass is 311 g/mol. The number of fused-ring (bicyclic) bond motifs is 1. The maximum absolute atomic E-state index is 12.3. The number of carbonyl (C=O) groups excluding carboxylic acids is 1. The molecule has 0 aliphatic heterocycles. The molecule has 0 radical (unpaired) electrons. The molecule has 0 spiro atoms. The fraction of sp³-hybridized carbons (Fsp3) is 0.375. The third-order valence-electron chi connectivity index (χ3n) is 3.97. The maximum Gasteiger partial charge on any atom is 0.287 e. The number of nitrogens with zero attached hydrogens (tertiary/aromatic N) is 3. The first-order valence-corrected chi connectivity index (χ1v) is 7.71. The highest BCUT2D eigenvalue weighted by molar-refractivity contribution is 5.94. The minimum atomic E-state index is -0.363. The number of benzene rings is 1. The number of nitrogens with one attached hydrogen (secondary N) is 2. The molecular formula is C16H17N5O2. The standard InChI is InChI=1S/C16H17N5O2/c1-8-3-6-11-12(7-8)19-14(18-11)15(22)17-9(2)16-20-13(21-23-16)10-4-5-10/h3,6-7,9-10H,4-5H2,1-2H3,(H,17,22)(H,18,19)/t9-/m0/s1. The van der Waals surface area contributed by atoms with Crippen LogP contribution in [-0.2, 0) is 0 Å². The third kappa shape index (κ3) is 2.69. The molecule has 1 aliphatic carbocycles. The van der Waals surface area contributed by atoms with Crippen LogP contribution in [0.15, 0.2) is 22.7 Å². The molecule has 118 valence electrons. The Balaban J connectivity index is 1.50. The zero-order valence-electron chi connectivity index (χ0n) is 13.0. The van der Waals surface area contributed by atoms with E-state index < -0.39 is 0 Å². The molecule has 4 rings (SSSR count). The van der Waals surface area contributed by atoms with Gasteiger partial charge in [-0.15, -0.1) is 0 Å². The smallest absolute Gasteiger partial charge is 0.287 e. The van der Waals surface area contributed by atoms with Gasteiger partial charge in [-0.3, -0.25) is 4.79 Å². The number of aromatic nitrogens is 4. The number of H-pyrrole nitrogens is 1. The van der Waals surface area contributed by atoms with Gasteiger partial charge in [-0.05, 0) is 44.4 Å². The number of hydrogen-bond donors (Lipinski definition) is 2. The fourth-order valence-electron chi connectivity index (χ4n) is 2.49. The molecule has 1 aliphatic rings. The van der Waals surface area contributed by atoms with Gasteiger partial charge >= 0.3 is 0 Å². The van der Waals surface area contributed by atoms with E-state index in [0.717, 1.165) is 35.3 Å². The Kier molecular flexibility index (Phi) is 3.14. The Bertz CT molecular complexity index is 878. The lowest BCUT2D eigenvalue weighted by Gasteiger charge is -2.07. The van der Waals surface area contributed by atoms with Gasteiger partial charge in [-0.1, -0.05) is 11.2 Å². The summed E-state index contributed by atoms with van der Waals surface area (Å²) in [7, 11) is 0. The summed E-state index contributed by atoms with van der Waals surface area (Å²) in [5.41, 5.74) is 2.72. The van der Waals surface area contributed by atoms with Gasteiger partial charge in [-0.25, -0.2) is 4.98 Å². The molecule has 0 bridgehead atoms. The van der Waals surface area contributed by atoms with Crippen molar-refractivity contribution >= 4 is 16.9 Å². The van der Waals surface area contributed by atoms with E-state index in [-0.39, 0.29) is 17.8 Å². The predicted molar refractivity (Wildman–Crippen MR) is 83.0 cm³/mol. The number of carbonyl (C=O) groups is 1. The van der Waals surface area contributed by atoms with Crippen molar-refractivity contribution in [2.24, 2.45) is 0 Å². The third-order valence-corrected chi connectivity index (χ3v) is 3.97. The topological polar surface area (TPSA) is 96.7 Å². The summed E-state index contributed by atoms with van der Waals surface area (Å²) in [6.07, 6.45) is 2.22. The molecule has 7 heteroatoms. The Hall–Kier alpha value is -2.70. The van der Waals surface area contributed by atoms with Crippen LogP contribution in [-0.4, -0.2) is 26.0 Å². The van der Waals surface area contributed by atoms with Gasteiger partial charge in [0.15, 0.2) is 11.6 Å². The number of hydrogen-bond acceptors (Lipinski definition) is 5. The molecule has 1 fully saturated rings. The molecule has 2 heterocycles. The van der Waals surface area contributed by atoms with Crippen LogP contribution >= 0.6 is 0 Å². The molecule has 7 nitrogen and oxygen atoms in total. The van der Waals surface area contributed by atoms with E-state index in [2.05, 4.69) is 25.4 Å². The van der Waals surface area contributed by atoms with Crippen molar-refractivity contribution in [2.45, 2.75) is 38.6 Å². The molecule has 0 unspecified atom stereocenters. The van der Waals surface area contributed by atoms with Gasteiger partial charge in [0.05, 0.1) is 11.0 Å². The minimum absolute atomic E-state index is 0.277. The largest absolute Gasteiger partial charge is 0.338 e. The normalized spacial score (nSPS) is 15.7. The van der Waals surface area contributed by atoms with Gasteiger partial charge in [-0.2, -0.15) is 4.98 Å². The van der Waals surface area contributed by atoms with Crippen molar-refractivity contribution in [1.82, 2.24) is 25.4 Å². The van der Waals surface area contributed by atoms with Gasteiger partial charge in [0.1, 0.15) is 6.04 Å². The Morgan fingerprint density at radius 3 is 3.00 bits per heavy atom. The summed E-state index contributed by atoms with van der Waals surface area (Å²) >= 11 is 0. The SMILES string of the molecule is Cc1ccc2nc(C(=O)N[C@@H](C)c3nc(C4CC4)no3)[nH]c2c1. The summed E-state index contributed by atoms with van der Waals surface area (Å²) in [6, 6.07) is 5.45. The van der Waals surface area contributed by atoms with E-state index in [4.69, 9.17) is 4.52 Å². The summed E-state index contributed by atoms with van der Waals surface area (Å²) in [5.74, 6) is 1.57. The summed E-state index contributed by atoms with van der Waals surface area (Å²) < 4.78 is 5.23. The lowest BCUT2D eigenvalue weighted by Crippen LogP contribution is -2.27. The summed E-state index contributed by atoms with van der Waals surface area (Å²) in [5, 5.41) is 6.79. The van der Waals surface area contributed by atoms with E-state index >= 15 is 0 Å². The fourth-order valence-corrected chi connectivity index (χ4v) is 2.49. The first kappa shape index (κ1) is 13.9. The highest BCUT2D eigenvalue weighted by Crippen LogP contribution is 2.38. The van der Waals surface area contributed by atoms with Gasteiger partial charge in [0, 0.05) is 5.92 Å². The van der Waals surface area contributed by atoms with Crippen LogP contribution < -0.4 is 5.32 Å². The van der Waals surface area contributed by atoms with Crippen molar-refractivity contribution in [3.8, 4) is 0 Å². The number of rotatable bonds is 4. The molecule has 1 atom stereocenters. The quantitative estimate of drug-likeness (QED) is 0.772. The molecule has 0 saturated heterocycles. The van der Waals surface area contributed by atoms with Crippen LogP contribution in [0, 0.1) is 6.92 Å². The Morgan fingerprint density at radius 1 is 1.39 bits per heavy atom. The molecule has 2 aromatic heterocycles. The molecule has 1 saturated carbocycles. The van der Waals surface area contributed by atoms with Gasteiger partial charge in [0.25, 0.3) is 5.91 Å². The molecular weight excluding hydrogens is 294 g/mol. The van der Waals surface area contributed by atoms with Crippen LogP contribution in [0.4, 0.5) is 0 Å². The van der Waals surface area contributed by atoms with Crippen molar-refractivity contribution in [3.05, 3.63) is 41.3 Å². The van der Waals surface area contributed by atoms with Crippen LogP contribution in [0.5, 0.6) is 0 Å². The second kappa shape index (κ2) is 5.19. The zero-order chi connectivity index (χ0) is 16.0. The Labute approximate surface area is 132 Å². The summed E-state index contributed by atoms with van der Waals surface area (Å²) in [4.78, 5) is 24.0. The average molecular weight is 311 g/mol. The minimum Gasteiger partial charge on any atom is -0.338 e. The van der Waals surface area contributed by atoms with Crippen molar-refractivity contribution in [1.29, 1.82) is 0 Å². The van der Waals surface area contributed by atoms with E-state index in [9.17, 15) is 4.79 Å². The number of aryl methyl sites for hydroxylation is 1. The second-order valence-electron chi connectivity index (χ2n) is 6.07. The molecule has 1 aromatic carbocycles. The number of imidazole rings is 1. The van der Waals surface area contributed by atoms with Crippen LogP contribution in [0.25, 0.3) is 11.0 Å². The molecule has 23 heavy (non-hydrogen) atoms. The van der Waals surface area contributed by atoms with Gasteiger partial charge < -0.3 is 14.8 Å². The van der Waals surface area contributed by atoms with E-state index in [0.29, 0.717) is 11.8 Å². The summed E-state index contributed by atoms with van der Waals surface area (Å²) in [6.45, 7) is 3.81. The predicted octanol–water partition coefficient (Wildman–Crippen LogP) is 2.62. The van der Waals surface area contributed by atoms with Crippen molar-refractivity contribution < 1.29 is 9.32 Å². The molecule has 2 N–H and O–H groups in total. The second-order valence-corrected chi connectivity index (χ2v) is 6.07. The average Bonchev–Trinajstić information content (AvgIpc) is 3.10. The van der Waals surface area contributed by atoms with E-state index in [1.807, 2.05) is 32.0 Å². The molecule has 3 aromatic rings. The van der Waals surface area contributed by atoms with Crippen molar-refractivity contribution in [2.75, 3.05) is 0 Å². The first-order valence-electron chi connectivity index (χ1n) is 7.71.